The zero-order valence-corrected chi connectivity index (χ0v) is 12.5. The maximum Gasteiger partial charge on any atom is 0.248 e. The van der Waals surface area contributed by atoms with E-state index in [0.29, 0.717) is 13.0 Å². The maximum absolute atomic E-state index is 13.0. The molecule has 3 rings (SSSR count). The van der Waals surface area contributed by atoms with Crippen molar-refractivity contribution in [2.24, 2.45) is 0 Å². The number of nitrogens with one attached hydrogen (secondary N) is 1. The van der Waals surface area contributed by atoms with Gasteiger partial charge in [0.2, 0.25) is 11.8 Å². The second-order valence-corrected chi connectivity index (χ2v) is 6.60. The molecule has 2 fully saturated rings. The molecule has 1 saturated heterocycles. The van der Waals surface area contributed by atoms with Crippen LogP contribution >= 0.6 is 11.3 Å². The lowest BCUT2D eigenvalue weighted by Crippen LogP contribution is -2.55. The van der Waals surface area contributed by atoms with Crippen molar-refractivity contribution in [1.29, 1.82) is 0 Å². The van der Waals surface area contributed by atoms with Gasteiger partial charge in [0.1, 0.15) is 5.54 Å². The number of rotatable bonds is 2. The number of amides is 2. The van der Waals surface area contributed by atoms with Gasteiger partial charge in [-0.1, -0.05) is 12.8 Å². The third kappa shape index (κ3) is 2.24. The van der Waals surface area contributed by atoms with Crippen molar-refractivity contribution in [1.82, 2.24) is 10.2 Å². The van der Waals surface area contributed by atoms with Crippen LogP contribution in [0.15, 0.2) is 16.8 Å². The Morgan fingerprint density at radius 3 is 2.75 bits per heavy atom. The van der Waals surface area contributed by atoms with E-state index in [4.69, 9.17) is 0 Å². The van der Waals surface area contributed by atoms with Crippen LogP contribution in [0.25, 0.3) is 0 Å². The molecule has 1 spiro atoms. The van der Waals surface area contributed by atoms with Crippen LogP contribution in [-0.2, 0) is 9.59 Å². The molecule has 1 aliphatic carbocycles. The van der Waals surface area contributed by atoms with Crippen LogP contribution in [-0.4, -0.2) is 28.8 Å². The predicted octanol–water partition coefficient (Wildman–Crippen LogP) is 2.47. The molecule has 1 aromatic rings. The van der Waals surface area contributed by atoms with E-state index in [1.165, 1.54) is 0 Å². The number of nitrogens with zero attached hydrogens (tertiary/aromatic N) is 1. The Kier molecular flexibility index (Phi) is 3.54. The van der Waals surface area contributed by atoms with Crippen molar-refractivity contribution in [3.63, 3.8) is 0 Å². The molecule has 0 bridgehead atoms. The number of carbonyl (C=O) groups is 2. The highest BCUT2D eigenvalue weighted by Crippen LogP contribution is 2.35. The summed E-state index contributed by atoms with van der Waals surface area (Å²) < 4.78 is 0. The van der Waals surface area contributed by atoms with E-state index in [-0.39, 0.29) is 17.9 Å². The summed E-state index contributed by atoms with van der Waals surface area (Å²) in [5.41, 5.74) is 0.531. The molecule has 1 aromatic heterocycles. The van der Waals surface area contributed by atoms with Crippen molar-refractivity contribution >= 4 is 23.2 Å². The molecule has 2 heterocycles. The lowest BCUT2D eigenvalue weighted by Gasteiger charge is -2.35. The van der Waals surface area contributed by atoms with Gasteiger partial charge in [0.25, 0.3) is 0 Å². The quantitative estimate of drug-likeness (QED) is 0.910. The molecule has 1 N–H and O–H groups in total. The van der Waals surface area contributed by atoms with Crippen LogP contribution in [0.3, 0.4) is 0 Å². The predicted molar refractivity (Wildman–Crippen MR) is 78.4 cm³/mol. The van der Waals surface area contributed by atoms with Crippen LogP contribution in [0.1, 0.15) is 50.6 Å². The van der Waals surface area contributed by atoms with Crippen molar-refractivity contribution in [2.45, 2.75) is 50.6 Å². The summed E-state index contributed by atoms with van der Waals surface area (Å²) in [4.78, 5) is 26.8. The van der Waals surface area contributed by atoms with Gasteiger partial charge in [-0.25, -0.2) is 0 Å². The second kappa shape index (κ2) is 5.20. The summed E-state index contributed by atoms with van der Waals surface area (Å²) in [6, 6.07) is 2.10. The molecule has 2 amide bonds. The second-order valence-electron chi connectivity index (χ2n) is 5.82. The molecule has 1 saturated carbocycles. The van der Waals surface area contributed by atoms with Gasteiger partial charge in [-0.15, -0.1) is 0 Å². The molecule has 2 aliphatic rings. The maximum atomic E-state index is 13.0. The summed E-state index contributed by atoms with van der Waals surface area (Å²) in [5, 5.41) is 7.12. The first kappa shape index (κ1) is 13.6. The minimum atomic E-state index is -0.627. The van der Waals surface area contributed by atoms with Gasteiger partial charge in [0, 0.05) is 13.0 Å². The number of thiophene rings is 1. The van der Waals surface area contributed by atoms with E-state index in [1.807, 2.05) is 10.3 Å². The molecule has 4 nitrogen and oxygen atoms in total. The van der Waals surface area contributed by atoms with E-state index >= 15 is 0 Å². The average Bonchev–Trinajstić information content (AvgIpc) is 3.07. The topological polar surface area (TPSA) is 49.4 Å². The van der Waals surface area contributed by atoms with Crippen molar-refractivity contribution in [2.75, 3.05) is 6.54 Å². The first-order valence-corrected chi connectivity index (χ1v) is 8.21. The zero-order valence-electron chi connectivity index (χ0n) is 11.7. The van der Waals surface area contributed by atoms with E-state index < -0.39 is 5.54 Å². The van der Waals surface area contributed by atoms with E-state index in [0.717, 1.165) is 31.2 Å². The van der Waals surface area contributed by atoms with E-state index in [9.17, 15) is 9.59 Å². The molecular formula is C15H20N2O2S. The van der Waals surface area contributed by atoms with Crippen LogP contribution in [0, 0.1) is 0 Å². The van der Waals surface area contributed by atoms with Crippen LogP contribution < -0.4 is 5.32 Å². The number of hydrogen-bond acceptors (Lipinski definition) is 3. The minimum Gasteiger partial charge on any atom is -0.342 e. The average molecular weight is 292 g/mol. The molecule has 0 aromatic carbocycles. The molecule has 108 valence electrons. The number of carbonyl (C=O) groups excluding carboxylic acids is 2. The lowest BCUT2D eigenvalue weighted by atomic mass is 9.94. The lowest BCUT2D eigenvalue weighted by molar-refractivity contribution is -0.140. The molecule has 5 heteroatoms. The van der Waals surface area contributed by atoms with Crippen molar-refractivity contribution in [3.8, 4) is 0 Å². The summed E-state index contributed by atoms with van der Waals surface area (Å²) in [6.45, 7) is 2.57. The summed E-state index contributed by atoms with van der Waals surface area (Å²) >= 11 is 1.64. The smallest absolute Gasteiger partial charge is 0.248 e. The van der Waals surface area contributed by atoms with Gasteiger partial charge in [-0.3, -0.25) is 9.59 Å². The highest BCUT2D eigenvalue weighted by atomic mass is 32.1. The van der Waals surface area contributed by atoms with Gasteiger partial charge >= 0.3 is 0 Å². The fourth-order valence-corrected chi connectivity index (χ4v) is 4.11. The number of hydrogen-bond donors (Lipinski definition) is 1. The van der Waals surface area contributed by atoms with Crippen LogP contribution in [0.2, 0.25) is 0 Å². The Bertz CT molecular complexity index is 506. The molecule has 0 radical (unpaired) electrons. The van der Waals surface area contributed by atoms with Gasteiger partial charge in [0.15, 0.2) is 0 Å². The van der Waals surface area contributed by atoms with Crippen LogP contribution in [0.5, 0.6) is 0 Å². The third-order valence-electron chi connectivity index (χ3n) is 4.58. The van der Waals surface area contributed by atoms with Crippen LogP contribution in [0.4, 0.5) is 0 Å². The fourth-order valence-electron chi connectivity index (χ4n) is 3.36. The third-order valence-corrected chi connectivity index (χ3v) is 5.28. The van der Waals surface area contributed by atoms with E-state index in [2.05, 4.69) is 23.7 Å². The Morgan fingerprint density at radius 1 is 1.35 bits per heavy atom. The van der Waals surface area contributed by atoms with Gasteiger partial charge < -0.3 is 10.2 Å². The van der Waals surface area contributed by atoms with E-state index in [1.54, 1.807) is 11.3 Å². The largest absolute Gasteiger partial charge is 0.342 e. The van der Waals surface area contributed by atoms with Gasteiger partial charge in [-0.2, -0.15) is 11.3 Å². The highest BCUT2D eigenvalue weighted by molar-refractivity contribution is 7.07. The fraction of sp³-hybridized carbons (Fsp3) is 0.600. The standard InChI is InChI=1S/C15H20N2O2S/c1-11(12-5-9-20-10-12)17-8-4-13(18)16-15(14(17)19)6-2-3-7-15/h5,9-11H,2-4,6-8H2,1H3,(H,16,18). The highest BCUT2D eigenvalue weighted by Gasteiger charge is 2.47. The Hall–Kier alpha value is -1.36. The SMILES string of the molecule is CC(c1ccsc1)N1CCC(=O)NC2(CCCC2)C1=O. The minimum absolute atomic E-state index is 0.0141. The van der Waals surface area contributed by atoms with Crippen molar-refractivity contribution in [3.05, 3.63) is 22.4 Å². The molecular weight excluding hydrogens is 272 g/mol. The van der Waals surface area contributed by atoms with Gasteiger partial charge in [-0.05, 0) is 42.2 Å². The van der Waals surface area contributed by atoms with Gasteiger partial charge in [0.05, 0.1) is 6.04 Å². The summed E-state index contributed by atoms with van der Waals surface area (Å²) in [7, 11) is 0. The molecule has 1 aliphatic heterocycles. The Morgan fingerprint density at radius 2 is 2.10 bits per heavy atom. The monoisotopic (exact) mass is 292 g/mol. The first-order chi connectivity index (χ1) is 9.62. The summed E-state index contributed by atoms with van der Waals surface area (Å²) in [5.74, 6) is 0.125. The Balaban J connectivity index is 1.90. The Labute approximate surface area is 123 Å². The normalized spacial score (nSPS) is 23.8. The zero-order chi connectivity index (χ0) is 14.2. The molecule has 1 unspecified atom stereocenters. The molecule has 1 atom stereocenters. The van der Waals surface area contributed by atoms with Crippen molar-refractivity contribution < 1.29 is 9.59 Å². The molecule has 20 heavy (non-hydrogen) atoms. The summed E-state index contributed by atoms with van der Waals surface area (Å²) in [6.07, 6.45) is 4.01. The first-order valence-electron chi connectivity index (χ1n) is 7.27.